The molecule has 124 valence electrons. The summed E-state index contributed by atoms with van der Waals surface area (Å²) in [6.07, 6.45) is -0.595. The molecule has 0 radical (unpaired) electrons. The smallest absolute Gasteiger partial charge is 0.411 e. The molecule has 0 atom stereocenters. The third-order valence-electron chi connectivity index (χ3n) is 3.09. The van der Waals surface area contributed by atoms with Crippen molar-refractivity contribution in [3.63, 3.8) is 0 Å². The fourth-order valence-electron chi connectivity index (χ4n) is 1.93. The number of rotatable bonds is 5. The minimum Gasteiger partial charge on any atom is -0.450 e. The van der Waals surface area contributed by atoms with Crippen molar-refractivity contribution in [3.05, 3.63) is 59.7 Å². The van der Waals surface area contributed by atoms with Gasteiger partial charge in [0.05, 0.1) is 12.2 Å². The summed E-state index contributed by atoms with van der Waals surface area (Å²) in [4.78, 5) is 34.8. The normalized spacial score (nSPS) is 9.92. The molecule has 0 heterocycles. The number of carbonyl (C=O) groups excluding carboxylic acids is 3. The van der Waals surface area contributed by atoms with E-state index in [0.29, 0.717) is 17.0 Å². The predicted molar refractivity (Wildman–Crippen MR) is 88.5 cm³/mol. The van der Waals surface area contributed by atoms with Crippen LogP contribution in [0.15, 0.2) is 48.5 Å². The first-order chi connectivity index (χ1) is 11.5. The average Bonchev–Trinajstić information content (AvgIpc) is 2.55. The van der Waals surface area contributed by atoms with Gasteiger partial charge in [-0.05, 0) is 56.3 Å². The van der Waals surface area contributed by atoms with Crippen molar-refractivity contribution in [1.82, 2.24) is 0 Å². The van der Waals surface area contributed by atoms with Gasteiger partial charge in [0.25, 0.3) is 0 Å². The number of esters is 1. The number of amides is 1. The van der Waals surface area contributed by atoms with E-state index in [9.17, 15) is 14.4 Å². The molecule has 2 aromatic carbocycles. The van der Waals surface area contributed by atoms with Gasteiger partial charge < -0.3 is 9.47 Å². The molecule has 0 aliphatic carbocycles. The van der Waals surface area contributed by atoms with Crippen molar-refractivity contribution in [2.45, 2.75) is 13.8 Å². The molecule has 0 aliphatic rings. The molecule has 0 aromatic heterocycles. The number of ketones is 1. The highest BCUT2D eigenvalue weighted by Gasteiger charge is 2.11. The maximum absolute atomic E-state index is 12.2. The Kier molecular flexibility index (Phi) is 5.68. The highest BCUT2D eigenvalue weighted by Crippen LogP contribution is 2.17. The summed E-state index contributed by atoms with van der Waals surface area (Å²) in [6, 6.07) is 12.6. The van der Waals surface area contributed by atoms with Gasteiger partial charge in [0.2, 0.25) is 0 Å². The fourth-order valence-corrected chi connectivity index (χ4v) is 1.93. The standard InChI is InChI=1S/C18H17NO5/c1-3-23-18(22)19-15-6-4-5-14(11-15)17(21)24-16-9-7-13(8-10-16)12(2)20/h4-11H,3H2,1-2H3,(H,19,22). The molecule has 0 fully saturated rings. The molecule has 1 N–H and O–H groups in total. The summed E-state index contributed by atoms with van der Waals surface area (Å²) in [5.41, 5.74) is 1.24. The van der Waals surface area contributed by atoms with Crippen LogP contribution in [0, 0.1) is 0 Å². The lowest BCUT2D eigenvalue weighted by atomic mass is 10.1. The Hall–Kier alpha value is -3.15. The van der Waals surface area contributed by atoms with Gasteiger partial charge in [0, 0.05) is 11.3 Å². The van der Waals surface area contributed by atoms with Crippen LogP contribution in [0.1, 0.15) is 34.6 Å². The Morgan fingerprint density at radius 2 is 1.71 bits per heavy atom. The molecule has 0 spiro atoms. The first kappa shape index (κ1) is 17.2. The van der Waals surface area contributed by atoms with Gasteiger partial charge in [-0.2, -0.15) is 0 Å². The molecule has 6 nitrogen and oxygen atoms in total. The molecule has 2 rings (SSSR count). The van der Waals surface area contributed by atoms with E-state index in [1.165, 1.54) is 13.0 Å². The Morgan fingerprint density at radius 3 is 2.33 bits per heavy atom. The van der Waals surface area contributed by atoms with Gasteiger partial charge in [-0.25, -0.2) is 9.59 Å². The molecular formula is C18H17NO5. The number of benzene rings is 2. The van der Waals surface area contributed by atoms with E-state index in [4.69, 9.17) is 9.47 Å². The van der Waals surface area contributed by atoms with E-state index in [-0.39, 0.29) is 18.0 Å². The van der Waals surface area contributed by atoms with Gasteiger partial charge in [-0.15, -0.1) is 0 Å². The summed E-state index contributed by atoms with van der Waals surface area (Å²) in [6.45, 7) is 3.41. The lowest BCUT2D eigenvalue weighted by Gasteiger charge is -2.08. The van der Waals surface area contributed by atoms with Crippen molar-refractivity contribution in [2.24, 2.45) is 0 Å². The Morgan fingerprint density at radius 1 is 1.00 bits per heavy atom. The molecule has 0 aliphatic heterocycles. The molecule has 2 aromatic rings. The first-order valence-electron chi connectivity index (χ1n) is 7.36. The van der Waals surface area contributed by atoms with Crippen LogP contribution in [-0.2, 0) is 4.74 Å². The van der Waals surface area contributed by atoms with E-state index in [0.717, 1.165) is 0 Å². The molecule has 0 saturated carbocycles. The molecule has 6 heteroatoms. The quantitative estimate of drug-likeness (QED) is 0.515. The lowest BCUT2D eigenvalue weighted by molar-refractivity contribution is 0.0734. The van der Waals surface area contributed by atoms with Crippen molar-refractivity contribution in [3.8, 4) is 5.75 Å². The SMILES string of the molecule is CCOC(=O)Nc1cccc(C(=O)Oc2ccc(C(C)=O)cc2)c1. The van der Waals surface area contributed by atoms with Gasteiger partial charge >= 0.3 is 12.1 Å². The zero-order valence-corrected chi connectivity index (χ0v) is 13.4. The van der Waals surface area contributed by atoms with E-state index in [1.54, 1.807) is 49.4 Å². The van der Waals surface area contributed by atoms with Gasteiger partial charge in [0.15, 0.2) is 5.78 Å². The van der Waals surface area contributed by atoms with E-state index >= 15 is 0 Å². The second-order valence-electron chi connectivity index (χ2n) is 4.90. The summed E-state index contributed by atoms with van der Waals surface area (Å²) in [5, 5.41) is 2.52. The minimum absolute atomic E-state index is 0.0642. The molecule has 0 saturated heterocycles. The Balaban J connectivity index is 2.06. The Labute approximate surface area is 139 Å². The van der Waals surface area contributed by atoms with Crippen LogP contribution < -0.4 is 10.1 Å². The monoisotopic (exact) mass is 327 g/mol. The van der Waals surface area contributed by atoms with Crippen LogP contribution in [0.3, 0.4) is 0 Å². The minimum atomic E-state index is -0.595. The van der Waals surface area contributed by atoms with Gasteiger partial charge in [-0.1, -0.05) is 6.07 Å². The van der Waals surface area contributed by atoms with Crippen LogP contribution in [0.4, 0.5) is 10.5 Å². The topological polar surface area (TPSA) is 81.7 Å². The number of Topliss-reactive ketones (excluding diaryl/α,β-unsaturated/α-hetero) is 1. The van der Waals surface area contributed by atoms with Crippen LogP contribution in [0.5, 0.6) is 5.75 Å². The third kappa shape index (κ3) is 4.67. The van der Waals surface area contributed by atoms with Gasteiger partial charge in [0.1, 0.15) is 5.75 Å². The van der Waals surface area contributed by atoms with Crippen molar-refractivity contribution in [1.29, 1.82) is 0 Å². The molecule has 0 unspecified atom stereocenters. The van der Waals surface area contributed by atoms with E-state index < -0.39 is 12.1 Å². The molecule has 24 heavy (non-hydrogen) atoms. The Bertz CT molecular complexity index is 752. The lowest BCUT2D eigenvalue weighted by Crippen LogP contribution is -2.14. The van der Waals surface area contributed by atoms with Crippen LogP contribution >= 0.6 is 0 Å². The number of ether oxygens (including phenoxy) is 2. The van der Waals surface area contributed by atoms with Crippen molar-refractivity contribution in [2.75, 3.05) is 11.9 Å². The highest BCUT2D eigenvalue weighted by molar-refractivity contribution is 5.95. The van der Waals surface area contributed by atoms with Crippen molar-refractivity contribution >= 4 is 23.5 Å². The van der Waals surface area contributed by atoms with Gasteiger partial charge in [-0.3, -0.25) is 10.1 Å². The number of nitrogens with one attached hydrogen (secondary N) is 1. The second-order valence-corrected chi connectivity index (χ2v) is 4.90. The van der Waals surface area contributed by atoms with E-state index in [2.05, 4.69) is 5.32 Å². The van der Waals surface area contributed by atoms with Crippen LogP contribution in [0.2, 0.25) is 0 Å². The summed E-state index contributed by atoms with van der Waals surface area (Å²) < 4.78 is 10.0. The number of hydrogen-bond acceptors (Lipinski definition) is 5. The first-order valence-corrected chi connectivity index (χ1v) is 7.36. The average molecular weight is 327 g/mol. The summed E-state index contributed by atoms with van der Waals surface area (Å²) in [5.74, 6) is -0.308. The number of carbonyl (C=O) groups is 3. The van der Waals surface area contributed by atoms with Crippen molar-refractivity contribution < 1.29 is 23.9 Å². The molecular weight excluding hydrogens is 310 g/mol. The number of anilines is 1. The zero-order chi connectivity index (χ0) is 17.5. The fraction of sp³-hybridized carbons (Fsp3) is 0.167. The maximum Gasteiger partial charge on any atom is 0.411 e. The molecule has 1 amide bonds. The third-order valence-corrected chi connectivity index (χ3v) is 3.09. The maximum atomic E-state index is 12.2. The molecule has 0 bridgehead atoms. The predicted octanol–water partition coefficient (Wildman–Crippen LogP) is 3.68. The highest BCUT2D eigenvalue weighted by atomic mass is 16.5. The van der Waals surface area contributed by atoms with E-state index in [1.807, 2.05) is 0 Å². The largest absolute Gasteiger partial charge is 0.450 e. The van der Waals surface area contributed by atoms with Crippen LogP contribution in [0.25, 0.3) is 0 Å². The second kappa shape index (κ2) is 7.92. The number of hydrogen-bond donors (Lipinski definition) is 1. The summed E-state index contributed by atoms with van der Waals surface area (Å²) in [7, 11) is 0. The van der Waals surface area contributed by atoms with Crippen LogP contribution in [-0.4, -0.2) is 24.5 Å². The zero-order valence-electron chi connectivity index (χ0n) is 13.4. The summed E-state index contributed by atoms with van der Waals surface area (Å²) >= 11 is 0.